The summed E-state index contributed by atoms with van der Waals surface area (Å²) in [6.45, 7) is 6.22. The van der Waals surface area contributed by atoms with E-state index < -0.39 is 0 Å². The van der Waals surface area contributed by atoms with E-state index >= 15 is 0 Å². The van der Waals surface area contributed by atoms with Gasteiger partial charge in [0.2, 0.25) is 0 Å². The van der Waals surface area contributed by atoms with Gasteiger partial charge in [-0.2, -0.15) is 5.10 Å². The van der Waals surface area contributed by atoms with Gasteiger partial charge in [0, 0.05) is 0 Å². The number of hydrogen-bond acceptors (Lipinski definition) is 2. The molecule has 0 aliphatic heterocycles. The minimum atomic E-state index is -0.103. The molecule has 0 spiro atoms. The lowest BCUT2D eigenvalue weighted by Gasteiger charge is -2.20. The second-order valence-corrected chi connectivity index (χ2v) is 5.76. The summed E-state index contributed by atoms with van der Waals surface area (Å²) in [6, 6.07) is 0. The standard InChI is InChI=1S/C12H19ClN2O/c1-12(2,3)15-11(13)10(8-14-15)16-9-6-4-5-7-9/h8-9H,4-7H2,1-3H3. The fraction of sp³-hybridized carbons (Fsp3) is 0.750. The van der Waals surface area contributed by atoms with Crippen LogP contribution in [0.1, 0.15) is 46.5 Å². The van der Waals surface area contributed by atoms with E-state index in [1.165, 1.54) is 12.8 Å². The van der Waals surface area contributed by atoms with Crippen LogP contribution in [-0.4, -0.2) is 15.9 Å². The highest BCUT2D eigenvalue weighted by Crippen LogP contribution is 2.32. The van der Waals surface area contributed by atoms with Crippen molar-refractivity contribution < 1.29 is 4.74 Å². The molecular formula is C12H19ClN2O. The van der Waals surface area contributed by atoms with Crippen molar-refractivity contribution in [2.45, 2.75) is 58.1 Å². The minimum absolute atomic E-state index is 0.103. The van der Waals surface area contributed by atoms with Gasteiger partial charge in [-0.15, -0.1) is 0 Å². The molecule has 1 heterocycles. The third-order valence-electron chi connectivity index (χ3n) is 2.91. The van der Waals surface area contributed by atoms with Gasteiger partial charge in [-0.05, 0) is 46.5 Å². The summed E-state index contributed by atoms with van der Waals surface area (Å²) in [5, 5.41) is 4.90. The van der Waals surface area contributed by atoms with E-state index in [1.54, 1.807) is 10.9 Å². The van der Waals surface area contributed by atoms with Crippen LogP contribution in [0.4, 0.5) is 0 Å². The van der Waals surface area contributed by atoms with Gasteiger partial charge in [0.05, 0.1) is 17.8 Å². The van der Waals surface area contributed by atoms with E-state index in [4.69, 9.17) is 16.3 Å². The van der Waals surface area contributed by atoms with Gasteiger partial charge in [0.25, 0.3) is 0 Å². The van der Waals surface area contributed by atoms with E-state index in [0.29, 0.717) is 11.3 Å². The molecule has 0 atom stereocenters. The topological polar surface area (TPSA) is 27.1 Å². The smallest absolute Gasteiger partial charge is 0.176 e. The van der Waals surface area contributed by atoms with Crippen molar-refractivity contribution in [1.82, 2.24) is 9.78 Å². The van der Waals surface area contributed by atoms with Crippen molar-refractivity contribution >= 4 is 11.6 Å². The van der Waals surface area contributed by atoms with Gasteiger partial charge >= 0.3 is 0 Å². The summed E-state index contributed by atoms with van der Waals surface area (Å²) >= 11 is 6.26. The Bertz CT molecular complexity index is 362. The molecule has 0 N–H and O–H groups in total. The Kier molecular flexibility index (Phi) is 3.15. The van der Waals surface area contributed by atoms with Crippen LogP contribution in [0.5, 0.6) is 5.75 Å². The van der Waals surface area contributed by atoms with Crippen molar-refractivity contribution in [2.24, 2.45) is 0 Å². The van der Waals surface area contributed by atoms with Gasteiger partial charge in [-0.25, -0.2) is 4.68 Å². The fourth-order valence-corrected chi connectivity index (χ4v) is 2.44. The maximum absolute atomic E-state index is 6.26. The zero-order valence-corrected chi connectivity index (χ0v) is 10.9. The third kappa shape index (κ3) is 2.34. The Morgan fingerprint density at radius 3 is 2.50 bits per heavy atom. The third-order valence-corrected chi connectivity index (χ3v) is 3.26. The van der Waals surface area contributed by atoms with E-state index in [1.807, 2.05) is 0 Å². The van der Waals surface area contributed by atoms with Crippen LogP contribution >= 0.6 is 11.6 Å². The molecule has 1 saturated carbocycles. The molecule has 1 aliphatic rings. The molecule has 1 aromatic rings. The normalized spacial score (nSPS) is 18.0. The average Bonchev–Trinajstić information content (AvgIpc) is 2.76. The molecule has 16 heavy (non-hydrogen) atoms. The first-order chi connectivity index (χ1) is 7.48. The highest BCUT2D eigenvalue weighted by atomic mass is 35.5. The van der Waals surface area contributed by atoms with Gasteiger partial charge in [0.1, 0.15) is 0 Å². The number of rotatable bonds is 2. The lowest BCUT2D eigenvalue weighted by molar-refractivity contribution is 0.209. The van der Waals surface area contributed by atoms with Crippen molar-refractivity contribution in [3.05, 3.63) is 11.3 Å². The van der Waals surface area contributed by atoms with E-state index in [2.05, 4.69) is 25.9 Å². The van der Waals surface area contributed by atoms with Crippen LogP contribution in [0.3, 0.4) is 0 Å². The molecule has 4 heteroatoms. The van der Waals surface area contributed by atoms with E-state index in [-0.39, 0.29) is 5.54 Å². The highest BCUT2D eigenvalue weighted by Gasteiger charge is 2.23. The maximum atomic E-state index is 6.26. The van der Waals surface area contributed by atoms with Crippen LogP contribution in [0.15, 0.2) is 6.20 Å². The summed E-state index contributed by atoms with van der Waals surface area (Å²) in [6.07, 6.45) is 6.85. The lowest BCUT2D eigenvalue weighted by atomic mass is 10.1. The molecule has 0 bridgehead atoms. The van der Waals surface area contributed by atoms with Crippen LogP contribution in [-0.2, 0) is 5.54 Å². The molecule has 1 aliphatic carbocycles. The molecule has 1 fully saturated rings. The van der Waals surface area contributed by atoms with Crippen molar-refractivity contribution in [1.29, 1.82) is 0 Å². The van der Waals surface area contributed by atoms with Crippen molar-refractivity contribution in [3.63, 3.8) is 0 Å². The van der Waals surface area contributed by atoms with E-state index in [9.17, 15) is 0 Å². The molecule has 3 nitrogen and oxygen atoms in total. The van der Waals surface area contributed by atoms with Crippen LogP contribution < -0.4 is 4.74 Å². The number of halogens is 1. The molecule has 0 radical (unpaired) electrons. The quantitative estimate of drug-likeness (QED) is 0.792. The van der Waals surface area contributed by atoms with Crippen LogP contribution in [0, 0.1) is 0 Å². The summed E-state index contributed by atoms with van der Waals surface area (Å²) in [4.78, 5) is 0. The zero-order chi connectivity index (χ0) is 11.8. The zero-order valence-electron chi connectivity index (χ0n) is 10.2. The summed E-state index contributed by atoms with van der Waals surface area (Å²) < 4.78 is 7.67. The molecule has 0 saturated heterocycles. The van der Waals surface area contributed by atoms with Crippen LogP contribution in [0.25, 0.3) is 0 Å². The predicted octanol–water partition coefficient (Wildman–Crippen LogP) is 3.61. The van der Waals surface area contributed by atoms with Gasteiger partial charge < -0.3 is 4.74 Å². The van der Waals surface area contributed by atoms with Crippen molar-refractivity contribution in [3.8, 4) is 5.75 Å². The van der Waals surface area contributed by atoms with Gasteiger partial charge in [-0.1, -0.05) is 11.6 Å². The minimum Gasteiger partial charge on any atom is -0.486 e. The predicted molar refractivity (Wildman–Crippen MR) is 65.1 cm³/mol. The summed E-state index contributed by atoms with van der Waals surface area (Å²) in [5.74, 6) is 0.725. The molecular weight excluding hydrogens is 224 g/mol. The summed E-state index contributed by atoms with van der Waals surface area (Å²) in [7, 11) is 0. The Labute approximate surface area is 102 Å². The Morgan fingerprint density at radius 1 is 1.38 bits per heavy atom. The van der Waals surface area contributed by atoms with E-state index in [0.717, 1.165) is 18.6 Å². The summed E-state index contributed by atoms with van der Waals surface area (Å²) in [5.41, 5.74) is -0.103. The molecule has 0 aromatic carbocycles. The lowest BCUT2D eigenvalue weighted by Crippen LogP contribution is -2.23. The fourth-order valence-electron chi connectivity index (χ4n) is 2.05. The second kappa shape index (κ2) is 4.28. The maximum Gasteiger partial charge on any atom is 0.176 e. The van der Waals surface area contributed by atoms with Gasteiger partial charge in [0.15, 0.2) is 10.9 Å². The largest absolute Gasteiger partial charge is 0.486 e. The number of aromatic nitrogens is 2. The molecule has 90 valence electrons. The Hall–Kier alpha value is -0.700. The highest BCUT2D eigenvalue weighted by molar-refractivity contribution is 6.31. The first kappa shape index (κ1) is 11.8. The molecule has 0 unspecified atom stereocenters. The Morgan fingerprint density at radius 2 is 2.00 bits per heavy atom. The number of hydrogen-bond donors (Lipinski definition) is 0. The number of nitrogens with zero attached hydrogens (tertiary/aromatic N) is 2. The van der Waals surface area contributed by atoms with Crippen LogP contribution in [0.2, 0.25) is 5.15 Å². The first-order valence-electron chi connectivity index (χ1n) is 5.89. The Balaban J connectivity index is 2.13. The SMILES string of the molecule is CC(C)(C)n1ncc(OC2CCCC2)c1Cl. The average molecular weight is 243 g/mol. The molecule has 1 aromatic heterocycles. The monoisotopic (exact) mass is 242 g/mol. The molecule has 2 rings (SSSR count). The van der Waals surface area contributed by atoms with Gasteiger partial charge in [-0.3, -0.25) is 0 Å². The number of ether oxygens (including phenoxy) is 1. The van der Waals surface area contributed by atoms with Crippen molar-refractivity contribution in [2.75, 3.05) is 0 Å². The molecule has 0 amide bonds. The second-order valence-electron chi connectivity index (χ2n) is 5.41. The first-order valence-corrected chi connectivity index (χ1v) is 6.27.